The van der Waals surface area contributed by atoms with E-state index in [-0.39, 0.29) is 11.5 Å². The maximum absolute atomic E-state index is 14.1. The summed E-state index contributed by atoms with van der Waals surface area (Å²) in [6, 6.07) is 6.68. The van der Waals surface area contributed by atoms with Gasteiger partial charge < -0.3 is 9.47 Å². The molecule has 2 rings (SSSR count). The molecule has 0 unspecified atom stereocenters. The molecule has 0 aliphatic heterocycles. The molecular weight excluding hydrogens is 345 g/mol. The van der Waals surface area contributed by atoms with Gasteiger partial charge in [-0.3, -0.25) is 4.72 Å². The molecule has 0 saturated carbocycles. The molecule has 0 aliphatic rings. The van der Waals surface area contributed by atoms with Gasteiger partial charge in [-0.1, -0.05) is 11.6 Å². The van der Waals surface area contributed by atoms with Crippen LogP contribution in [0.15, 0.2) is 35.2 Å². The van der Waals surface area contributed by atoms with Crippen molar-refractivity contribution in [3.8, 4) is 11.5 Å². The number of benzene rings is 2. The van der Waals surface area contributed by atoms with Crippen LogP contribution in [0.25, 0.3) is 0 Å². The summed E-state index contributed by atoms with van der Waals surface area (Å²) in [5, 5.41) is 0.475. The van der Waals surface area contributed by atoms with E-state index in [1.165, 1.54) is 26.4 Å². The Morgan fingerprint density at radius 3 is 2.26 bits per heavy atom. The number of hydrogen-bond donors (Lipinski definition) is 1. The summed E-state index contributed by atoms with van der Waals surface area (Å²) in [7, 11) is -1.47. The first kappa shape index (κ1) is 17.4. The second-order valence-corrected chi connectivity index (χ2v) is 6.79. The minimum absolute atomic E-state index is 0.103. The molecule has 0 atom stereocenters. The van der Waals surface area contributed by atoms with Gasteiger partial charge >= 0.3 is 0 Å². The van der Waals surface area contributed by atoms with Crippen LogP contribution in [0.5, 0.6) is 11.5 Å². The van der Waals surface area contributed by atoms with Crippen molar-refractivity contribution >= 4 is 27.3 Å². The van der Waals surface area contributed by atoms with E-state index in [9.17, 15) is 12.8 Å². The highest BCUT2D eigenvalue weighted by molar-refractivity contribution is 7.92. The Morgan fingerprint density at radius 2 is 1.70 bits per heavy atom. The predicted molar refractivity (Wildman–Crippen MR) is 86.5 cm³/mol. The first-order valence-corrected chi connectivity index (χ1v) is 8.35. The molecule has 0 spiro atoms. The quantitative estimate of drug-likeness (QED) is 0.885. The van der Waals surface area contributed by atoms with Crippen LogP contribution < -0.4 is 14.2 Å². The van der Waals surface area contributed by atoms with Gasteiger partial charge in [0.05, 0.1) is 19.9 Å². The van der Waals surface area contributed by atoms with Crippen LogP contribution in [0.3, 0.4) is 0 Å². The number of nitrogens with one attached hydrogen (secondary N) is 1. The number of halogens is 2. The first-order valence-electron chi connectivity index (χ1n) is 6.49. The molecule has 2 aromatic rings. The van der Waals surface area contributed by atoms with Crippen LogP contribution in [0.2, 0.25) is 5.02 Å². The predicted octanol–water partition coefficient (Wildman–Crippen LogP) is 3.61. The van der Waals surface area contributed by atoms with Crippen LogP contribution in [0, 0.1) is 12.7 Å². The summed E-state index contributed by atoms with van der Waals surface area (Å²) in [6.07, 6.45) is 0. The molecule has 0 fully saturated rings. The van der Waals surface area contributed by atoms with Gasteiger partial charge in [0.2, 0.25) is 0 Å². The second-order valence-electron chi connectivity index (χ2n) is 4.70. The molecule has 5 nitrogen and oxygen atoms in total. The second kappa shape index (κ2) is 6.64. The van der Waals surface area contributed by atoms with Gasteiger partial charge in [0.1, 0.15) is 10.7 Å². The number of rotatable bonds is 5. The highest BCUT2D eigenvalue weighted by atomic mass is 35.5. The van der Waals surface area contributed by atoms with Crippen molar-refractivity contribution in [1.29, 1.82) is 0 Å². The number of sulfonamides is 1. The van der Waals surface area contributed by atoms with E-state index in [1.54, 1.807) is 13.0 Å². The molecule has 23 heavy (non-hydrogen) atoms. The monoisotopic (exact) mass is 359 g/mol. The molecule has 0 radical (unpaired) electrons. The lowest BCUT2D eigenvalue weighted by molar-refractivity contribution is 0.350. The SMILES string of the molecule is COc1cc(F)c(S(=O)(=O)Nc2ccc(Cl)cc2C)cc1OC. The van der Waals surface area contributed by atoms with Crippen LogP contribution >= 0.6 is 11.6 Å². The number of methoxy groups -OCH3 is 2. The Balaban J connectivity index is 2.47. The van der Waals surface area contributed by atoms with E-state index in [0.717, 1.165) is 12.1 Å². The highest BCUT2D eigenvalue weighted by Crippen LogP contribution is 2.33. The van der Waals surface area contributed by atoms with Gasteiger partial charge in [-0.15, -0.1) is 0 Å². The van der Waals surface area contributed by atoms with Crippen LogP contribution in [0.4, 0.5) is 10.1 Å². The summed E-state index contributed by atoms with van der Waals surface area (Å²) in [5.41, 5.74) is 0.922. The van der Waals surface area contributed by atoms with Crippen molar-refractivity contribution in [3.63, 3.8) is 0 Å². The molecule has 124 valence electrons. The Hall–Kier alpha value is -1.99. The molecule has 0 saturated heterocycles. The minimum atomic E-state index is -4.14. The fraction of sp³-hybridized carbons (Fsp3) is 0.200. The lowest BCUT2D eigenvalue weighted by Gasteiger charge is -2.14. The maximum atomic E-state index is 14.1. The number of aryl methyl sites for hydroxylation is 1. The van der Waals surface area contributed by atoms with Gasteiger partial charge in [-0.25, -0.2) is 12.8 Å². The zero-order valence-corrected chi connectivity index (χ0v) is 14.3. The zero-order valence-electron chi connectivity index (χ0n) is 12.7. The largest absolute Gasteiger partial charge is 0.493 e. The fourth-order valence-corrected chi connectivity index (χ4v) is 3.42. The third kappa shape index (κ3) is 3.68. The third-order valence-corrected chi connectivity index (χ3v) is 4.78. The van der Waals surface area contributed by atoms with E-state index in [1.807, 2.05) is 0 Å². The van der Waals surface area contributed by atoms with Crippen molar-refractivity contribution < 1.29 is 22.3 Å². The Kier molecular flexibility index (Phi) is 5.01. The van der Waals surface area contributed by atoms with Gasteiger partial charge in [0, 0.05) is 17.2 Å². The fourth-order valence-electron chi connectivity index (χ4n) is 1.98. The number of hydrogen-bond acceptors (Lipinski definition) is 4. The zero-order chi connectivity index (χ0) is 17.2. The van der Waals surface area contributed by atoms with E-state index in [2.05, 4.69) is 4.72 Å². The average molecular weight is 360 g/mol. The summed E-state index contributed by atoms with van der Waals surface area (Å²) in [4.78, 5) is -0.537. The summed E-state index contributed by atoms with van der Waals surface area (Å²) in [6.45, 7) is 1.69. The topological polar surface area (TPSA) is 64.6 Å². The Labute approximate surface area is 139 Å². The molecule has 2 aromatic carbocycles. The minimum Gasteiger partial charge on any atom is -0.493 e. The molecule has 0 heterocycles. The summed E-state index contributed by atoms with van der Waals surface area (Å²) in [5.74, 6) is -0.726. The van der Waals surface area contributed by atoms with Crippen LogP contribution in [-0.4, -0.2) is 22.6 Å². The summed E-state index contributed by atoms with van der Waals surface area (Å²) >= 11 is 5.84. The normalized spacial score (nSPS) is 11.2. The summed E-state index contributed by atoms with van der Waals surface area (Å²) < 4.78 is 51.3. The average Bonchev–Trinajstić information content (AvgIpc) is 2.49. The number of anilines is 1. The van der Waals surface area contributed by atoms with E-state index < -0.39 is 20.7 Å². The van der Waals surface area contributed by atoms with Crippen LogP contribution in [0.1, 0.15) is 5.56 Å². The van der Waals surface area contributed by atoms with Crippen molar-refractivity contribution in [2.45, 2.75) is 11.8 Å². The Morgan fingerprint density at radius 1 is 1.09 bits per heavy atom. The molecule has 0 aromatic heterocycles. The first-order chi connectivity index (χ1) is 10.8. The molecule has 0 amide bonds. The number of ether oxygens (including phenoxy) is 2. The molecule has 0 aliphatic carbocycles. The molecule has 1 N–H and O–H groups in total. The van der Waals surface area contributed by atoms with Gasteiger partial charge in [-0.2, -0.15) is 0 Å². The van der Waals surface area contributed by atoms with Gasteiger partial charge in [0.15, 0.2) is 11.5 Å². The molecule has 0 bridgehead atoms. The van der Waals surface area contributed by atoms with Crippen molar-refractivity contribution in [2.75, 3.05) is 18.9 Å². The van der Waals surface area contributed by atoms with E-state index in [0.29, 0.717) is 16.3 Å². The van der Waals surface area contributed by atoms with Crippen molar-refractivity contribution in [2.24, 2.45) is 0 Å². The lowest BCUT2D eigenvalue weighted by atomic mass is 10.2. The van der Waals surface area contributed by atoms with Crippen LogP contribution in [-0.2, 0) is 10.0 Å². The maximum Gasteiger partial charge on any atom is 0.264 e. The van der Waals surface area contributed by atoms with Crippen molar-refractivity contribution in [1.82, 2.24) is 0 Å². The smallest absolute Gasteiger partial charge is 0.264 e. The standard InChI is InChI=1S/C15H15ClFNO4S/c1-9-6-10(16)4-5-12(9)18-23(19,20)15-8-14(22-3)13(21-2)7-11(15)17/h4-8,18H,1-3H3. The third-order valence-electron chi connectivity index (χ3n) is 3.16. The van der Waals surface area contributed by atoms with Crippen molar-refractivity contribution in [3.05, 3.63) is 46.7 Å². The highest BCUT2D eigenvalue weighted by Gasteiger charge is 2.23. The van der Waals surface area contributed by atoms with E-state index in [4.69, 9.17) is 21.1 Å². The van der Waals surface area contributed by atoms with E-state index >= 15 is 0 Å². The molecular formula is C15H15ClFNO4S. The van der Waals surface area contributed by atoms with Gasteiger partial charge in [0.25, 0.3) is 10.0 Å². The lowest BCUT2D eigenvalue weighted by Crippen LogP contribution is -2.15. The Bertz CT molecular complexity index is 840. The van der Waals surface area contributed by atoms with Gasteiger partial charge in [-0.05, 0) is 30.7 Å². The molecule has 8 heteroatoms.